The summed E-state index contributed by atoms with van der Waals surface area (Å²) >= 11 is 7.67. The Labute approximate surface area is 200 Å². The molecular formula is C26H22ClNO4S. The third kappa shape index (κ3) is 4.28. The summed E-state index contributed by atoms with van der Waals surface area (Å²) in [7, 11) is 1.33. The molecule has 7 heteroatoms. The Balaban J connectivity index is 1.35. The zero-order valence-electron chi connectivity index (χ0n) is 18.0. The number of esters is 1. The maximum Gasteiger partial charge on any atom is 0.339 e. The van der Waals surface area contributed by atoms with Crippen molar-refractivity contribution in [3.63, 3.8) is 0 Å². The number of benzene rings is 3. The van der Waals surface area contributed by atoms with E-state index in [9.17, 15) is 9.59 Å². The molecule has 1 aromatic heterocycles. The quantitative estimate of drug-likeness (QED) is 0.297. The second kappa shape index (κ2) is 9.04. The molecule has 0 atom stereocenters. The van der Waals surface area contributed by atoms with Gasteiger partial charge in [-0.2, -0.15) is 0 Å². The number of fused-ring (bicyclic) bond motifs is 1. The Morgan fingerprint density at radius 3 is 2.67 bits per heavy atom. The van der Waals surface area contributed by atoms with Crippen molar-refractivity contribution < 1.29 is 14.3 Å². The molecular weight excluding hydrogens is 458 g/mol. The van der Waals surface area contributed by atoms with E-state index in [1.165, 1.54) is 25.1 Å². The zero-order chi connectivity index (χ0) is 22.9. The topological polar surface area (TPSA) is 57.5 Å². The summed E-state index contributed by atoms with van der Waals surface area (Å²) in [5.41, 5.74) is 3.24. The van der Waals surface area contributed by atoms with Gasteiger partial charge in [0.05, 0.1) is 27.8 Å². The molecule has 1 aliphatic carbocycles. The standard InChI is InChI=1S/C26H22ClNO4S/c1-31-26(30)22-13-18(8-11-23(22)27)17-5-2-4-16(12-17)15-32-20-9-10-21-24(14-20)33-28(25(21)29)19-6-3-7-19/h2,4-5,8-14,19H,3,6-7,15H2,1H3. The largest absolute Gasteiger partial charge is 0.489 e. The van der Waals surface area contributed by atoms with Gasteiger partial charge in [0.25, 0.3) is 5.56 Å². The fourth-order valence-electron chi connectivity index (χ4n) is 3.95. The van der Waals surface area contributed by atoms with Gasteiger partial charge in [-0.1, -0.05) is 47.4 Å². The fourth-order valence-corrected chi connectivity index (χ4v) is 5.32. The molecule has 0 amide bonds. The van der Waals surface area contributed by atoms with Crippen LogP contribution in [0.15, 0.2) is 65.5 Å². The Morgan fingerprint density at radius 1 is 1.09 bits per heavy atom. The molecule has 1 heterocycles. The highest BCUT2D eigenvalue weighted by Crippen LogP contribution is 2.34. The van der Waals surface area contributed by atoms with Crippen LogP contribution in [0, 0.1) is 0 Å². The summed E-state index contributed by atoms with van der Waals surface area (Å²) in [5, 5.41) is 1.11. The van der Waals surface area contributed by atoms with Gasteiger partial charge in [-0.25, -0.2) is 4.79 Å². The molecule has 1 saturated carbocycles. The summed E-state index contributed by atoms with van der Waals surface area (Å²) in [4.78, 5) is 24.6. The van der Waals surface area contributed by atoms with Crippen molar-refractivity contribution in [3.8, 4) is 16.9 Å². The first-order valence-corrected chi connectivity index (χ1v) is 11.9. The molecule has 168 valence electrons. The molecule has 1 fully saturated rings. The highest BCUT2D eigenvalue weighted by Gasteiger charge is 2.23. The molecule has 0 spiro atoms. The van der Waals surface area contributed by atoms with Crippen LogP contribution in [0.5, 0.6) is 5.75 Å². The number of aromatic nitrogens is 1. The van der Waals surface area contributed by atoms with E-state index >= 15 is 0 Å². The molecule has 1 aliphatic rings. The van der Waals surface area contributed by atoms with Crippen LogP contribution < -0.4 is 10.3 Å². The first kappa shape index (κ1) is 21.7. The normalized spacial score (nSPS) is 13.6. The number of hydrogen-bond donors (Lipinski definition) is 0. The van der Waals surface area contributed by atoms with E-state index in [1.54, 1.807) is 12.1 Å². The molecule has 0 aliphatic heterocycles. The lowest BCUT2D eigenvalue weighted by atomic mass is 9.94. The summed E-state index contributed by atoms with van der Waals surface area (Å²) in [6.07, 6.45) is 3.36. The number of carbonyl (C=O) groups excluding carboxylic acids is 1. The van der Waals surface area contributed by atoms with Gasteiger partial charge in [0, 0.05) is 6.04 Å². The number of nitrogens with zero attached hydrogens (tertiary/aromatic N) is 1. The van der Waals surface area contributed by atoms with Crippen LogP contribution in [0.4, 0.5) is 0 Å². The minimum absolute atomic E-state index is 0.105. The fraction of sp³-hybridized carbons (Fsp3) is 0.231. The number of carbonyl (C=O) groups is 1. The lowest BCUT2D eigenvalue weighted by molar-refractivity contribution is 0.0601. The van der Waals surface area contributed by atoms with Crippen molar-refractivity contribution in [2.45, 2.75) is 31.9 Å². The third-order valence-electron chi connectivity index (χ3n) is 6.02. The molecule has 0 saturated heterocycles. The van der Waals surface area contributed by atoms with Crippen LogP contribution in [-0.4, -0.2) is 17.0 Å². The number of halogens is 1. The molecule has 0 N–H and O–H groups in total. The van der Waals surface area contributed by atoms with Gasteiger partial charge in [-0.05, 0) is 72.4 Å². The van der Waals surface area contributed by atoms with Crippen LogP contribution in [0.1, 0.15) is 41.2 Å². The van der Waals surface area contributed by atoms with E-state index < -0.39 is 5.97 Å². The van der Waals surface area contributed by atoms with E-state index in [2.05, 4.69) is 0 Å². The number of rotatable bonds is 6. The van der Waals surface area contributed by atoms with Crippen molar-refractivity contribution in [3.05, 3.63) is 87.2 Å². The van der Waals surface area contributed by atoms with Gasteiger partial charge in [0.15, 0.2) is 0 Å². The van der Waals surface area contributed by atoms with Gasteiger partial charge >= 0.3 is 5.97 Å². The van der Waals surface area contributed by atoms with Crippen LogP contribution in [-0.2, 0) is 11.3 Å². The first-order chi connectivity index (χ1) is 16.0. The summed E-state index contributed by atoms with van der Waals surface area (Å²) in [6.45, 7) is 0.384. The lowest BCUT2D eigenvalue weighted by Crippen LogP contribution is -2.24. The third-order valence-corrected chi connectivity index (χ3v) is 7.55. The molecule has 0 unspecified atom stereocenters. The van der Waals surface area contributed by atoms with E-state index in [0.29, 0.717) is 23.2 Å². The van der Waals surface area contributed by atoms with Crippen LogP contribution in [0.2, 0.25) is 5.02 Å². The lowest BCUT2D eigenvalue weighted by Gasteiger charge is -2.24. The summed E-state index contributed by atoms with van der Waals surface area (Å²) < 4.78 is 13.7. The minimum atomic E-state index is -0.467. The second-order valence-corrected chi connectivity index (χ2v) is 9.56. The average molecular weight is 480 g/mol. The van der Waals surface area contributed by atoms with E-state index in [1.807, 2.05) is 52.5 Å². The van der Waals surface area contributed by atoms with E-state index in [-0.39, 0.29) is 5.56 Å². The molecule has 5 nitrogen and oxygen atoms in total. The van der Waals surface area contributed by atoms with E-state index in [4.69, 9.17) is 21.1 Å². The predicted octanol–water partition coefficient (Wildman–Crippen LogP) is 6.47. The van der Waals surface area contributed by atoms with Crippen molar-refractivity contribution >= 4 is 39.2 Å². The summed E-state index contributed by atoms with van der Waals surface area (Å²) in [5.74, 6) is 0.263. The SMILES string of the molecule is COC(=O)c1cc(-c2cccc(COc3ccc4c(=O)n(C5CCC5)sc4c3)c2)ccc1Cl. The van der Waals surface area contributed by atoms with Crippen molar-refractivity contribution in [1.82, 2.24) is 3.96 Å². The Bertz CT molecular complexity index is 1400. The Hall–Kier alpha value is -3.09. The maximum absolute atomic E-state index is 12.6. The first-order valence-electron chi connectivity index (χ1n) is 10.8. The molecule has 33 heavy (non-hydrogen) atoms. The van der Waals surface area contributed by atoms with Gasteiger partial charge in [-0.3, -0.25) is 8.75 Å². The number of methoxy groups -OCH3 is 1. The average Bonchev–Trinajstić information content (AvgIpc) is 3.11. The van der Waals surface area contributed by atoms with Gasteiger partial charge in [0.2, 0.25) is 0 Å². The van der Waals surface area contributed by atoms with Gasteiger partial charge in [0.1, 0.15) is 12.4 Å². The minimum Gasteiger partial charge on any atom is -0.489 e. The van der Waals surface area contributed by atoms with Crippen molar-refractivity contribution in [2.75, 3.05) is 7.11 Å². The van der Waals surface area contributed by atoms with Crippen LogP contribution in [0.25, 0.3) is 21.2 Å². The molecule has 4 aromatic rings. The zero-order valence-corrected chi connectivity index (χ0v) is 19.6. The van der Waals surface area contributed by atoms with Crippen LogP contribution in [0.3, 0.4) is 0 Å². The molecule has 3 aromatic carbocycles. The molecule has 0 radical (unpaired) electrons. The highest BCUT2D eigenvalue weighted by molar-refractivity contribution is 7.13. The monoisotopic (exact) mass is 479 g/mol. The maximum atomic E-state index is 12.6. The Kier molecular flexibility index (Phi) is 5.96. The Morgan fingerprint density at radius 2 is 1.91 bits per heavy atom. The van der Waals surface area contributed by atoms with Crippen molar-refractivity contribution in [2.24, 2.45) is 0 Å². The van der Waals surface area contributed by atoms with Gasteiger partial charge < -0.3 is 9.47 Å². The van der Waals surface area contributed by atoms with E-state index in [0.717, 1.165) is 45.4 Å². The predicted molar refractivity (Wildman–Crippen MR) is 132 cm³/mol. The van der Waals surface area contributed by atoms with Gasteiger partial charge in [-0.15, -0.1) is 0 Å². The number of ether oxygens (including phenoxy) is 2. The number of hydrogen-bond acceptors (Lipinski definition) is 5. The molecule has 0 bridgehead atoms. The van der Waals surface area contributed by atoms with Crippen LogP contribution >= 0.6 is 23.1 Å². The van der Waals surface area contributed by atoms with Crippen molar-refractivity contribution in [1.29, 1.82) is 0 Å². The smallest absolute Gasteiger partial charge is 0.339 e. The summed E-state index contributed by atoms with van der Waals surface area (Å²) in [6, 6.07) is 19.3. The molecule has 5 rings (SSSR count). The highest BCUT2D eigenvalue weighted by atomic mass is 35.5. The second-order valence-electron chi connectivity index (χ2n) is 8.14.